The lowest BCUT2D eigenvalue weighted by molar-refractivity contribution is 0.492. The van der Waals surface area contributed by atoms with Crippen molar-refractivity contribution in [3.05, 3.63) is 0 Å². The number of nitrogen functional groups attached to an aromatic ring is 1. The van der Waals surface area contributed by atoms with Crippen molar-refractivity contribution in [1.29, 1.82) is 5.26 Å². The SMILES string of the molecule is N#CC1CCCN(c2nnc(N)s2)C1. The maximum absolute atomic E-state index is 8.83. The van der Waals surface area contributed by atoms with Gasteiger partial charge in [-0.2, -0.15) is 5.26 Å². The lowest BCUT2D eigenvalue weighted by Crippen LogP contribution is -2.34. The number of nitriles is 1. The summed E-state index contributed by atoms with van der Waals surface area (Å²) in [5.74, 6) is 0.119. The molecule has 74 valence electrons. The molecule has 1 atom stereocenters. The Kier molecular flexibility index (Phi) is 2.50. The average Bonchev–Trinajstić information content (AvgIpc) is 2.65. The minimum atomic E-state index is 0.119. The first-order valence-electron chi connectivity index (χ1n) is 4.53. The number of hydrogen-bond donors (Lipinski definition) is 1. The minimum absolute atomic E-state index is 0.119. The second kappa shape index (κ2) is 3.80. The molecule has 0 saturated carbocycles. The molecule has 0 aromatic carbocycles. The molecule has 5 nitrogen and oxygen atoms in total. The molecule has 2 heterocycles. The van der Waals surface area contributed by atoms with Crippen molar-refractivity contribution in [2.45, 2.75) is 12.8 Å². The smallest absolute Gasteiger partial charge is 0.210 e. The predicted octanol–water partition coefficient (Wildman–Crippen LogP) is 0.860. The quantitative estimate of drug-likeness (QED) is 0.742. The maximum atomic E-state index is 8.83. The molecule has 14 heavy (non-hydrogen) atoms. The van der Waals surface area contributed by atoms with Crippen molar-refractivity contribution < 1.29 is 0 Å². The van der Waals surface area contributed by atoms with Crippen LogP contribution in [0.2, 0.25) is 0 Å². The van der Waals surface area contributed by atoms with Gasteiger partial charge in [-0.15, -0.1) is 10.2 Å². The van der Waals surface area contributed by atoms with Crippen molar-refractivity contribution in [1.82, 2.24) is 10.2 Å². The second-order valence-corrected chi connectivity index (χ2v) is 4.32. The number of piperidine rings is 1. The summed E-state index contributed by atoms with van der Waals surface area (Å²) in [6.45, 7) is 1.71. The Morgan fingerprint density at radius 2 is 2.43 bits per heavy atom. The van der Waals surface area contributed by atoms with Crippen LogP contribution < -0.4 is 10.6 Å². The van der Waals surface area contributed by atoms with Gasteiger partial charge in [0.25, 0.3) is 0 Å². The van der Waals surface area contributed by atoms with Crippen LogP contribution in [0.3, 0.4) is 0 Å². The summed E-state index contributed by atoms with van der Waals surface area (Å²) in [5.41, 5.74) is 5.51. The van der Waals surface area contributed by atoms with Gasteiger partial charge in [0.1, 0.15) is 0 Å². The van der Waals surface area contributed by atoms with Gasteiger partial charge in [0.2, 0.25) is 10.3 Å². The van der Waals surface area contributed by atoms with Crippen LogP contribution in [-0.2, 0) is 0 Å². The van der Waals surface area contributed by atoms with Crippen molar-refractivity contribution >= 4 is 21.6 Å². The molecule has 1 aromatic heterocycles. The zero-order valence-electron chi connectivity index (χ0n) is 7.68. The third-order valence-electron chi connectivity index (χ3n) is 2.30. The molecule has 0 spiro atoms. The molecule has 1 fully saturated rings. The van der Waals surface area contributed by atoms with E-state index >= 15 is 0 Å². The molecule has 1 saturated heterocycles. The molecule has 0 aliphatic carbocycles. The number of nitrogens with zero attached hydrogens (tertiary/aromatic N) is 4. The Labute approximate surface area is 86.2 Å². The molecule has 1 aliphatic heterocycles. The third kappa shape index (κ3) is 1.77. The van der Waals surface area contributed by atoms with E-state index in [1.54, 1.807) is 0 Å². The van der Waals surface area contributed by atoms with Gasteiger partial charge < -0.3 is 10.6 Å². The number of aromatic nitrogens is 2. The molecule has 1 unspecified atom stereocenters. The molecule has 6 heteroatoms. The van der Waals surface area contributed by atoms with Gasteiger partial charge in [0.15, 0.2) is 0 Å². The molecule has 2 N–H and O–H groups in total. The van der Waals surface area contributed by atoms with Crippen LogP contribution in [0.15, 0.2) is 0 Å². The Hall–Kier alpha value is -1.35. The van der Waals surface area contributed by atoms with Crippen molar-refractivity contribution in [2.75, 3.05) is 23.7 Å². The van der Waals surface area contributed by atoms with Crippen LogP contribution in [0.25, 0.3) is 0 Å². The summed E-state index contributed by atoms with van der Waals surface area (Å²) in [7, 11) is 0. The van der Waals surface area contributed by atoms with E-state index in [1.807, 2.05) is 0 Å². The first-order chi connectivity index (χ1) is 6.79. The van der Waals surface area contributed by atoms with Gasteiger partial charge in [-0.1, -0.05) is 11.3 Å². The fraction of sp³-hybridized carbons (Fsp3) is 0.625. The van der Waals surface area contributed by atoms with E-state index in [2.05, 4.69) is 21.2 Å². The Bertz CT molecular complexity index is 355. The van der Waals surface area contributed by atoms with Gasteiger partial charge in [0.05, 0.1) is 12.0 Å². The predicted molar refractivity (Wildman–Crippen MR) is 54.9 cm³/mol. The largest absolute Gasteiger partial charge is 0.374 e. The third-order valence-corrected chi connectivity index (χ3v) is 3.12. The van der Waals surface area contributed by atoms with Crippen LogP contribution >= 0.6 is 11.3 Å². The van der Waals surface area contributed by atoms with Gasteiger partial charge in [-0.25, -0.2) is 0 Å². The standard InChI is InChI=1S/C8H11N5S/c9-4-6-2-1-3-13(5-6)8-12-11-7(10)14-8/h6H,1-3,5H2,(H2,10,11). The monoisotopic (exact) mass is 209 g/mol. The summed E-state index contributed by atoms with van der Waals surface area (Å²) in [5, 5.41) is 17.9. The van der Waals surface area contributed by atoms with E-state index in [0.29, 0.717) is 5.13 Å². The molecular formula is C8H11N5S. The average molecular weight is 209 g/mol. The molecule has 0 bridgehead atoms. The zero-order chi connectivity index (χ0) is 9.97. The number of nitrogens with two attached hydrogens (primary N) is 1. The summed E-state index contributed by atoms with van der Waals surface area (Å²) in [6.07, 6.45) is 2.03. The highest BCUT2D eigenvalue weighted by atomic mass is 32.1. The Balaban J connectivity index is 2.08. The molecule has 1 aromatic rings. The fourth-order valence-electron chi connectivity index (χ4n) is 1.61. The minimum Gasteiger partial charge on any atom is -0.374 e. The lowest BCUT2D eigenvalue weighted by atomic mass is 10.0. The summed E-state index contributed by atoms with van der Waals surface area (Å²) in [4.78, 5) is 2.09. The summed E-state index contributed by atoms with van der Waals surface area (Å²) < 4.78 is 0. The summed E-state index contributed by atoms with van der Waals surface area (Å²) >= 11 is 1.38. The van der Waals surface area contributed by atoms with Crippen molar-refractivity contribution in [3.8, 4) is 6.07 Å². The summed E-state index contributed by atoms with van der Waals surface area (Å²) in [6, 6.07) is 2.29. The van der Waals surface area contributed by atoms with E-state index in [1.165, 1.54) is 11.3 Å². The van der Waals surface area contributed by atoms with Gasteiger partial charge in [0, 0.05) is 13.1 Å². The normalized spacial score (nSPS) is 21.9. The van der Waals surface area contributed by atoms with Crippen molar-refractivity contribution in [2.24, 2.45) is 5.92 Å². The topological polar surface area (TPSA) is 78.8 Å². The number of rotatable bonds is 1. The van der Waals surface area contributed by atoms with E-state index in [0.717, 1.165) is 31.1 Å². The number of hydrogen-bond acceptors (Lipinski definition) is 6. The van der Waals surface area contributed by atoms with Crippen LogP contribution in [0.4, 0.5) is 10.3 Å². The first kappa shape index (κ1) is 9.21. The molecule has 0 radical (unpaired) electrons. The highest BCUT2D eigenvalue weighted by Crippen LogP contribution is 2.26. The van der Waals surface area contributed by atoms with Gasteiger partial charge in [-0.05, 0) is 12.8 Å². The van der Waals surface area contributed by atoms with Crippen LogP contribution in [-0.4, -0.2) is 23.3 Å². The lowest BCUT2D eigenvalue weighted by Gasteiger charge is -2.28. The van der Waals surface area contributed by atoms with E-state index in [4.69, 9.17) is 11.0 Å². The van der Waals surface area contributed by atoms with Crippen molar-refractivity contribution in [3.63, 3.8) is 0 Å². The van der Waals surface area contributed by atoms with Gasteiger partial charge >= 0.3 is 0 Å². The zero-order valence-corrected chi connectivity index (χ0v) is 8.50. The van der Waals surface area contributed by atoms with Crippen LogP contribution in [0.1, 0.15) is 12.8 Å². The maximum Gasteiger partial charge on any atom is 0.210 e. The molecule has 1 aliphatic rings. The second-order valence-electron chi connectivity index (χ2n) is 3.34. The van der Waals surface area contributed by atoms with Crippen LogP contribution in [0, 0.1) is 17.2 Å². The fourth-order valence-corrected chi connectivity index (χ4v) is 2.26. The van der Waals surface area contributed by atoms with E-state index < -0.39 is 0 Å². The highest BCUT2D eigenvalue weighted by molar-refractivity contribution is 7.18. The van der Waals surface area contributed by atoms with Gasteiger partial charge in [-0.3, -0.25) is 0 Å². The highest BCUT2D eigenvalue weighted by Gasteiger charge is 2.21. The van der Waals surface area contributed by atoms with E-state index in [-0.39, 0.29) is 5.92 Å². The molecule has 0 amide bonds. The number of anilines is 2. The van der Waals surface area contributed by atoms with Crippen LogP contribution in [0.5, 0.6) is 0 Å². The molecule has 2 rings (SSSR count). The Morgan fingerprint density at radius 1 is 1.57 bits per heavy atom. The molecular weight excluding hydrogens is 198 g/mol. The van der Waals surface area contributed by atoms with E-state index in [9.17, 15) is 0 Å². The Morgan fingerprint density at radius 3 is 3.07 bits per heavy atom. The first-order valence-corrected chi connectivity index (χ1v) is 5.35.